The van der Waals surface area contributed by atoms with E-state index in [1.807, 2.05) is 6.07 Å². The van der Waals surface area contributed by atoms with Crippen molar-refractivity contribution in [1.29, 1.82) is 0 Å². The normalized spacial score (nSPS) is 11.1. The first-order valence-corrected chi connectivity index (χ1v) is 7.29. The van der Waals surface area contributed by atoms with Gasteiger partial charge < -0.3 is 9.84 Å². The predicted octanol–water partition coefficient (Wildman–Crippen LogP) is 3.32. The van der Waals surface area contributed by atoms with Crippen LogP contribution in [-0.2, 0) is 0 Å². The van der Waals surface area contributed by atoms with Crippen molar-refractivity contribution in [1.82, 2.24) is 5.43 Å². The Balaban J connectivity index is 2.20. The number of hydrogen-bond donors (Lipinski definition) is 2. The number of methoxy groups -OCH3 is 1. The average molecular weight is 363 g/mol. The number of amides is 1. The van der Waals surface area contributed by atoms with Crippen LogP contribution in [-0.4, -0.2) is 23.8 Å². The van der Waals surface area contributed by atoms with Crippen molar-refractivity contribution in [2.24, 2.45) is 5.10 Å². The van der Waals surface area contributed by atoms with Crippen LogP contribution in [0.2, 0.25) is 0 Å². The van der Waals surface area contributed by atoms with Gasteiger partial charge in [0.15, 0.2) is 11.5 Å². The molecule has 0 aliphatic carbocycles. The van der Waals surface area contributed by atoms with Crippen LogP contribution in [0.3, 0.4) is 0 Å². The Hall–Kier alpha value is -2.34. The van der Waals surface area contributed by atoms with E-state index >= 15 is 0 Å². The summed E-state index contributed by atoms with van der Waals surface area (Å²) in [5.74, 6) is -0.000202. The standard InChI is InChI=1S/C16H15BrN2O3/c1-10(11-7-5-9-14(22-2)15(11)20)18-19-16(21)12-6-3-4-8-13(12)17/h3-9,20H,1-2H3,(H,19,21)/b18-10+. The van der Waals surface area contributed by atoms with Crippen LogP contribution in [0.5, 0.6) is 11.5 Å². The zero-order valence-electron chi connectivity index (χ0n) is 12.1. The highest BCUT2D eigenvalue weighted by Crippen LogP contribution is 2.29. The maximum absolute atomic E-state index is 12.1. The first kappa shape index (κ1) is 16.0. The summed E-state index contributed by atoms with van der Waals surface area (Å²) in [7, 11) is 1.47. The number of nitrogens with one attached hydrogen (secondary N) is 1. The Bertz CT molecular complexity index is 729. The lowest BCUT2D eigenvalue weighted by Gasteiger charge is -2.09. The number of benzene rings is 2. The van der Waals surface area contributed by atoms with Crippen LogP contribution in [0.25, 0.3) is 0 Å². The Labute approximate surface area is 136 Å². The van der Waals surface area contributed by atoms with Gasteiger partial charge in [0.25, 0.3) is 5.91 Å². The molecule has 0 heterocycles. The summed E-state index contributed by atoms with van der Waals surface area (Å²) in [5, 5.41) is 14.1. The molecule has 0 saturated carbocycles. The summed E-state index contributed by atoms with van der Waals surface area (Å²) in [4.78, 5) is 12.1. The van der Waals surface area contributed by atoms with Gasteiger partial charge in [0, 0.05) is 10.0 Å². The van der Waals surface area contributed by atoms with Gasteiger partial charge in [-0.1, -0.05) is 18.2 Å². The van der Waals surface area contributed by atoms with Crippen molar-refractivity contribution in [2.75, 3.05) is 7.11 Å². The van der Waals surface area contributed by atoms with Crippen molar-refractivity contribution in [3.05, 3.63) is 58.1 Å². The number of hydrogen-bond acceptors (Lipinski definition) is 4. The van der Waals surface area contributed by atoms with Crippen molar-refractivity contribution in [3.8, 4) is 11.5 Å². The summed E-state index contributed by atoms with van der Waals surface area (Å²) < 4.78 is 5.73. The van der Waals surface area contributed by atoms with Gasteiger partial charge in [-0.25, -0.2) is 5.43 Å². The van der Waals surface area contributed by atoms with E-state index in [9.17, 15) is 9.90 Å². The Kier molecular flexibility index (Phi) is 5.16. The molecule has 0 bridgehead atoms. The van der Waals surface area contributed by atoms with Crippen LogP contribution in [0.4, 0.5) is 0 Å². The van der Waals surface area contributed by atoms with Crippen LogP contribution < -0.4 is 10.2 Å². The third-order valence-electron chi connectivity index (χ3n) is 3.05. The number of rotatable bonds is 4. The summed E-state index contributed by atoms with van der Waals surface area (Å²) >= 11 is 3.31. The number of hydrazone groups is 1. The van der Waals surface area contributed by atoms with Gasteiger partial charge in [0.2, 0.25) is 0 Å². The van der Waals surface area contributed by atoms with Gasteiger partial charge in [-0.2, -0.15) is 5.10 Å². The van der Waals surface area contributed by atoms with E-state index in [1.54, 1.807) is 43.3 Å². The molecule has 2 N–H and O–H groups in total. The summed E-state index contributed by atoms with van der Waals surface area (Å²) in [6.07, 6.45) is 0. The SMILES string of the molecule is COc1cccc(/C(C)=N/NC(=O)c2ccccc2Br)c1O. The van der Waals surface area contributed by atoms with Crippen molar-refractivity contribution in [3.63, 3.8) is 0 Å². The average Bonchev–Trinajstić information content (AvgIpc) is 2.53. The topological polar surface area (TPSA) is 70.9 Å². The van der Waals surface area contributed by atoms with E-state index in [4.69, 9.17) is 4.74 Å². The quantitative estimate of drug-likeness (QED) is 0.647. The zero-order valence-corrected chi connectivity index (χ0v) is 13.7. The summed E-state index contributed by atoms with van der Waals surface area (Å²) in [5.41, 5.74) is 3.91. The Morgan fingerprint density at radius 3 is 2.55 bits per heavy atom. The van der Waals surface area contributed by atoms with Crippen LogP contribution >= 0.6 is 15.9 Å². The zero-order chi connectivity index (χ0) is 16.1. The molecule has 1 amide bonds. The molecule has 0 spiro atoms. The molecule has 114 valence electrons. The highest BCUT2D eigenvalue weighted by molar-refractivity contribution is 9.10. The molecule has 2 aromatic rings. The number of carbonyl (C=O) groups excluding carboxylic acids is 1. The fourth-order valence-electron chi connectivity index (χ4n) is 1.88. The minimum atomic E-state index is -0.339. The number of halogens is 1. The highest BCUT2D eigenvalue weighted by Gasteiger charge is 2.11. The minimum absolute atomic E-state index is 0.0126. The third-order valence-corrected chi connectivity index (χ3v) is 3.74. The van der Waals surface area contributed by atoms with Crippen molar-refractivity contribution in [2.45, 2.75) is 6.92 Å². The third kappa shape index (κ3) is 3.46. The number of nitrogens with zero attached hydrogens (tertiary/aromatic N) is 1. The van der Waals surface area contributed by atoms with Gasteiger partial charge in [-0.3, -0.25) is 4.79 Å². The predicted molar refractivity (Wildman–Crippen MR) is 88.5 cm³/mol. The minimum Gasteiger partial charge on any atom is -0.504 e. The molecule has 22 heavy (non-hydrogen) atoms. The molecule has 2 aromatic carbocycles. The lowest BCUT2D eigenvalue weighted by molar-refractivity contribution is 0.0954. The summed E-state index contributed by atoms with van der Waals surface area (Å²) in [6.45, 7) is 1.69. The Morgan fingerprint density at radius 1 is 1.18 bits per heavy atom. The largest absolute Gasteiger partial charge is 0.504 e. The lowest BCUT2D eigenvalue weighted by atomic mass is 10.1. The fourth-order valence-corrected chi connectivity index (χ4v) is 2.34. The smallest absolute Gasteiger partial charge is 0.272 e. The molecule has 0 aliphatic heterocycles. The van der Waals surface area contributed by atoms with Gasteiger partial charge >= 0.3 is 0 Å². The van der Waals surface area contributed by atoms with E-state index in [-0.39, 0.29) is 11.7 Å². The molecule has 0 unspecified atom stereocenters. The first-order chi connectivity index (χ1) is 10.5. The van der Waals surface area contributed by atoms with Crippen molar-refractivity contribution >= 4 is 27.5 Å². The Morgan fingerprint density at radius 2 is 1.86 bits per heavy atom. The van der Waals surface area contributed by atoms with Crippen LogP contribution in [0.1, 0.15) is 22.8 Å². The molecular weight excluding hydrogens is 348 g/mol. The second kappa shape index (κ2) is 7.09. The van der Waals surface area contributed by atoms with E-state index in [2.05, 4.69) is 26.5 Å². The lowest BCUT2D eigenvalue weighted by Crippen LogP contribution is -2.19. The van der Waals surface area contributed by atoms with Gasteiger partial charge in [0.05, 0.1) is 18.4 Å². The van der Waals surface area contributed by atoms with Gasteiger partial charge in [0.1, 0.15) is 0 Å². The fraction of sp³-hybridized carbons (Fsp3) is 0.125. The molecule has 0 aliphatic rings. The number of para-hydroxylation sites is 1. The molecule has 6 heteroatoms. The molecule has 0 atom stereocenters. The number of phenolic OH excluding ortho intramolecular Hbond substituents is 1. The van der Waals surface area contributed by atoms with E-state index in [0.29, 0.717) is 27.1 Å². The van der Waals surface area contributed by atoms with Crippen LogP contribution in [0.15, 0.2) is 52.0 Å². The van der Waals surface area contributed by atoms with Gasteiger partial charge in [-0.05, 0) is 47.1 Å². The molecule has 0 saturated heterocycles. The van der Waals surface area contributed by atoms with E-state index < -0.39 is 0 Å². The maximum atomic E-state index is 12.1. The molecular formula is C16H15BrN2O3. The second-order valence-corrected chi connectivity index (χ2v) is 5.33. The molecule has 0 fully saturated rings. The first-order valence-electron chi connectivity index (χ1n) is 6.50. The highest BCUT2D eigenvalue weighted by atomic mass is 79.9. The van der Waals surface area contributed by atoms with Crippen LogP contribution in [0, 0.1) is 0 Å². The number of aromatic hydroxyl groups is 1. The van der Waals surface area contributed by atoms with Crippen molar-refractivity contribution < 1.29 is 14.6 Å². The maximum Gasteiger partial charge on any atom is 0.272 e. The molecule has 2 rings (SSSR count). The monoisotopic (exact) mass is 362 g/mol. The second-order valence-electron chi connectivity index (χ2n) is 4.47. The number of phenols is 1. The molecule has 0 radical (unpaired) electrons. The number of carbonyl (C=O) groups is 1. The molecule has 0 aromatic heterocycles. The van der Waals surface area contributed by atoms with Gasteiger partial charge in [-0.15, -0.1) is 0 Å². The van der Waals surface area contributed by atoms with E-state index in [1.165, 1.54) is 7.11 Å². The van der Waals surface area contributed by atoms with E-state index in [0.717, 1.165) is 0 Å². The summed E-state index contributed by atoms with van der Waals surface area (Å²) in [6, 6.07) is 12.1. The molecule has 5 nitrogen and oxygen atoms in total. The number of ether oxygens (including phenoxy) is 1.